The first-order valence-electron chi connectivity index (χ1n) is 8.25. The molecule has 3 rings (SSSR count). The van der Waals surface area contributed by atoms with E-state index in [4.69, 9.17) is 11.6 Å². The second-order valence-electron chi connectivity index (χ2n) is 6.12. The minimum atomic E-state index is -0.408. The molecule has 0 aliphatic rings. The fraction of sp³-hybridized carbons (Fsp3) is 0.143. The Kier molecular flexibility index (Phi) is 5.64. The van der Waals surface area contributed by atoms with Gasteiger partial charge < -0.3 is 5.32 Å². The molecule has 0 aliphatic heterocycles. The summed E-state index contributed by atoms with van der Waals surface area (Å²) >= 11 is 5.96. The minimum absolute atomic E-state index is 0.196. The molecule has 132 valence electrons. The van der Waals surface area contributed by atoms with Gasteiger partial charge in [-0.1, -0.05) is 60.6 Å². The lowest BCUT2D eigenvalue weighted by atomic mass is 10.0. The summed E-state index contributed by atoms with van der Waals surface area (Å²) in [7, 11) is 0. The van der Waals surface area contributed by atoms with Gasteiger partial charge in [-0.25, -0.2) is 4.39 Å². The second kappa shape index (κ2) is 8.11. The second-order valence-corrected chi connectivity index (χ2v) is 6.65. The number of carbonyl (C=O) groups excluding carboxylic acids is 1. The Hall–Kier alpha value is -2.72. The molecule has 0 saturated carbocycles. The van der Waals surface area contributed by atoms with Gasteiger partial charge in [0.2, 0.25) is 0 Å². The highest BCUT2D eigenvalue weighted by molar-refractivity contribution is 6.29. The van der Waals surface area contributed by atoms with Crippen LogP contribution < -0.4 is 5.32 Å². The average molecular weight is 369 g/mol. The van der Waals surface area contributed by atoms with Gasteiger partial charge in [-0.2, -0.15) is 0 Å². The Morgan fingerprint density at radius 1 is 1.19 bits per heavy atom. The van der Waals surface area contributed by atoms with Gasteiger partial charge in [0.1, 0.15) is 11.3 Å². The molecule has 2 aromatic carbocycles. The number of halogens is 2. The quantitative estimate of drug-likeness (QED) is 0.675. The normalized spacial score (nSPS) is 11.9. The largest absolute Gasteiger partial charge is 0.349 e. The first kappa shape index (κ1) is 18.1. The molecule has 1 aromatic heterocycles. The van der Waals surface area contributed by atoms with E-state index in [0.29, 0.717) is 28.8 Å². The van der Waals surface area contributed by atoms with E-state index in [-0.39, 0.29) is 17.5 Å². The number of nitrogens with one attached hydrogen (secondary N) is 1. The van der Waals surface area contributed by atoms with Crippen LogP contribution >= 0.6 is 11.6 Å². The number of para-hydroxylation sites is 1. The van der Waals surface area contributed by atoms with Crippen LogP contribution in [0.25, 0.3) is 10.9 Å². The predicted octanol–water partition coefficient (Wildman–Crippen LogP) is 4.86. The Balaban J connectivity index is 1.79. The standard InChI is InChI=1S/C21H18ClFN2O/c1-14(22)10-18(11-15-6-3-2-4-7-15)25-21(26)17-12-16-8-5-9-19(23)20(16)24-13-17/h2-9,12-13,18H,1,10-11H2,(H,25,26). The van der Waals surface area contributed by atoms with E-state index in [1.54, 1.807) is 18.2 Å². The van der Waals surface area contributed by atoms with Crippen molar-refractivity contribution in [3.8, 4) is 0 Å². The van der Waals surface area contributed by atoms with Gasteiger partial charge in [0, 0.05) is 29.1 Å². The lowest BCUT2D eigenvalue weighted by molar-refractivity contribution is 0.0937. The molecule has 3 nitrogen and oxygen atoms in total. The number of benzene rings is 2. The summed E-state index contributed by atoms with van der Waals surface area (Å²) < 4.78 is 13.7. The summed E-state index contributed by atoms with van der Waals surface area (Å²) in [5.41, 5.74) is 1.72. The summed E-state index contributed by atoms with van der Waals surface area (Å²) in [6, 6.07) is 15.9. The predicted molar refractivity (Wildman–Crippen MR) is 103 cm³/mol. The molecule has 1 amide bonds. The molecule has 0 bridgehead atoms. The molecule has 3 aromatic rings. The fourth-order valence-electron chi connectivity index (χ4n) is 2.86. The zero-order chi connectivity index (χ0) is 18.5. The van der Waals surface area contributed by atoms with Gasteiger partial charge in [-0.15, -0.1) is 0 Å². The van der Waals surface area contributed by atoms with Crippen molar-refractivity contribution in [3.63, 3.8) is 0 Å². The average Bonchev–Trinajstić information content (AvgIpc) is 2.62. The number of fused-ring (bicyclic) bond motifs is 1. The van der Waals surface area contributed by atoms with Crippen LogP contribution in [0.4, 0.5) is 4.39 Å². The molecule has 26 heavy (non-hydrogen) atoms. The number of pyridine rings is 1. The van der Waals surface area contributed by atoms with Crippen molar-refractivity contribution in [2.24, 2.45) is 0 Å². The highest BCUT2D eigenvalue weighted by Crippen LogP contribution is 2.18. The van der Waals surface area contributed by atoms with Crippen LogP contribution in [-0.4, -0.2) is 16.9 Å². The topological polar surface area (TPSA) is 42.0 Å². The van der Waals surface area contributed by atoms with Crippen molar-refractivity contribution >= 4 is 28.4 Å². The number of carbonyl (C=O) groups is 1. The van der Waals surface area contributed by atoms with Gasteiger partial charge in [0.25, 0.3) is 5.91 Å². The van der Waals surface area contributed by atoms with Crippen molar-refractivity contribution < 1.29 is 9.18 Å². The third-order valence-corrected chi connectivity index (χ3v) is 4.21. The maximum atomic E-state index is 13.7. The maximum Gasteiger partial charge on any atom is 0.253 e. The Bertz CT molecular complexity index is 943. The van der Waals surface area contributed by atoms with Crippen molar-refractivity contribution in [2.45, 2.75) is 18.9 Å². The summed E-state index contributed by atoms with van der Waals surface area (Å²) in [5.74, 6) is -0.683. The van der Waals surface area contributed by atoms with Crippen molar-refractivity contribution in [1.82, 2.24) is 10.3 Å². The number of hydrogen-bond acceptors (Lipinski definition) is 2. The summed E-state index contributed by atoms with van der Waals surface area (Å²) in [5, 5.41) is 4.03. The molecule has 0 spiro atoms. The Morgan fingerprint density at radius 2 is 1.96 bits per heavy atom. The first-order chi connectivity index (χ1) is 12.5. The Morgan fingerprint density at radius 3 is 2.69 bits per heavy atom. The van der Waals surface area contributed by atoms with Crippen molar-refractivity contribution in [3.05, 3.63) is 89.3 Å². The monoisotopic (exact) mass is 368 g/mol. The van der Waals surface area contributed by atoms with Crippen LogP contribution in [0.15, 0.2) is 72.4 Å². The molecule has 5 heteroatoms. The summed E-state index contributed by atoms with van der Waals surface area (Å²) in [6.45, 7) is 3.73. The third-order valence-electron chi connectivity index (χ3n) is 4.05. The van der Waals surface area contributed by atoms with Gasteiger partial charge in [0.05, 0.1) is 5.56 Å². The molecule has 1 unspecified atom stereocenters. The van der Waals surface area contributed by atoms with E-state index in [0.717, 1.165) is 5.56 Å². The first-order valence-corrected chi connectivity index (χ1v) is 8.63. The number of nitrogens with zero attached hydrogens (tertiary/aromatic N) is 1. The fourth-order valence-corrected chi connectivity index (χ4v) is 3.04. The summed E-state index contributed by atoms with van der Waals surface area (Å²) in [4.78, 5) is 16.7. The highest BCUT2D eigenvalue weighted by Gasteiger charge is 2.16. The summed E-state index contributed by atoms with van der Waals surface area (Å²) in [6.07, 6.45) is 2.47. The van der Waals surface area contributed by atoms with Crippen LogP contribution in [0.5, 0.6) is 0 Å². The molecular weight excluding hydrogens is 351 g/mol. The van der Waals surface area contributed by atoms with Gasteiger partial charge in [-0.3, -0.25) is 9.78 Å². The highest BCUT2D eigenvalue weighted by atomic mass is 35.5. The van der Waals surface area contributed by atoms with E-state index >= 15 is 0 Å². The van der Waals surface area contributed by atoms with E-state index in [1.807, 2.05) is 30.3 Å². The van der Waals surface area contributed by atoms with Crippen LogP contribution in [0.1, 0.15) is 22.3 Å². The van der Waals surface area contributed by atoms with E-state index < -0.39 is 5.82 Å². The molecule has 0 fully saturated rings. The van der Waals surface area contributed by atoms with Crippen LogP contribution in [-0.2, 0) is 6.42 Å². The molecule has 0 saturated heterocycles. The SMILES string of the molecule is C=C(Cl)CC(Cc1ccccc1)NC(=O)c1cnc2c(F)cccc2c1. The molecule has 1 atom stereocenters. The van der Waals surface area contributed by atoms with Gasteiger partial charge in [-0.05, 0) is 24.1 Å². The zero-order valence-corrected chi connectivity index (χ0v) is 14.8. The molecular formula is C21H18ClFN2O. The Labute approximate surface area is 156 Å². The smallest absolute Gasteiger partial charge is 0.253 e. The van der Waals surface area contributed by atoms with Gasteiger partial charge in [0.15, 0.2) is 0 Å². The maximum absolute atomic E-state index is 13.7. The van der Waals surface area contributed by atoms with Crippen molar-refractivity contribution in [2.75, 3.05) is 0 Å². The van der Waals surface area contributed by atoms with E-state index in [2.05, 4.69) is 16.9 Å². The lowest BCUT2D eigenvalue weighted by Crippen LogP contribution is -2.36. The molecule has 1 heterocycles. The zero-order valence-electron chi connectivity index (χ0n) is 14.1. The van der Waals surface area contributed by atoms with Crippen LogP contribution in [0, 0.1) is 5.82 Å². The number of rotatable bonds is 6. The molecule has 0 aliphatic carbocycles. The third kappa shape index (κ3) is 4.46. The van der Waals surface area contributed by atoms with E-state index in [9.17, 15) is 9.18 Å². The van der Waals surface area contributed by atoms with Gasteiger partial charge >= 0.3 is 0 Å². The minimum Gasteiger partial charge on any atom is -0.349 e. The van der Waals surface area contributed by atoms with E-state index in [1.165, 1.54) is 12.3 Å². The molecule has 1 N–H and O–H groups in total. The van der Waals surface area contributed by atoms with Crippen LogP contribution in [0.3, 0.4) is 0 Å². The lowest BCUT2D eigenvalue weighted by Gasteiger charge is -2.18. The molecule has 0 radical (unpaired) electrons. The number of hydrogen-bond donors (Lipinski definition) is 1. The van der Waals surface area contributed by atoms with Crippen LogP contribution in [0.2, 0.25) is 0 Å². The number of aromatic nitrogens is 1. The van der Waals surface area contributed by atoms with Crippen molar-refractivity contribution in [1.29, 1.82) is 0 Å². The number of amides is 1.